The van der Waals surface area contributed by atoms with Crippen LogP contribution in [-0.4, -0.2) is 29.5 Å². The molecule has 2 fully saturated rings. The summed E-state index contributed by atoms with van der Waals surface area (Å²) in [5, 5.41) is 0. The van der Waals surface area contributed by atoms with Crippen molar-refractivity contribution in [3.05, 3.63) is 0 Å². The molecular formula is C11H15BrO4. The number of fused-ring (bicyclic) bond motifs is 1. The molecule has 90 valence electrons. The van der Waals surface area contributed by atoms with E-state index in [1.807, 2.05) is 6.92 Å². The van der Waals surface area contributed by atoms with Crippen LogP contribution in [0.3, 0.4) is 0 Å². The molecule has 2 aliphatic rings. The van der Waals surface area contributed by atoms with Crippen LogP contribution < -0.4 is 0 Å². The van der Waals surface area contributed by atoms with Gasteiger partial charge in [-0.25, -0.2) is 0 Å². The molecule has 1 saturated heterocycles. The van der Waals surface area contributed by atoms with Crippen LogP contribution >= 0.6 is 15.9 Å². The first-order valence-corrected chi connectivity index (χ1v) is 6.36. The Morgan fingerprint density at radius 1 is 1.56 bits per heavy atom. The number of alkyl halides is 1. The quantitative estimate of drug-likeness (QED) is 0.544. The number of carbonyl (C=O) groups excluding carboxylic acids is 2. The molecule has 16 heavy (non-hydrogen) atoms. The topological polar surface area (TPSA) is 52.6 Å². The number of hydrogen-bond donors (Lipinski definition) is 0. The van der Waals surface area contributed by atoms with Gasteiger partial charge in [0, 0.05) is 17.7 Å². The zero-order valence-electron chi connectivity index (χ0n) is 9.36. The maximum absolute atomic E-state index is 11.8. The Kier molecular flexibility index (Phi) is 2.99. The normalized spacial score (nSPS) is 42.4. The molecule has 0 bridgehead atoms. The predicted octanol–water partition coefficient (Wildman–Crippen LogP) is 1.65. The van der Waals surface area contributed by atoms with Crippen LogP contribution in [0.5, 0.6) is 0 Å². The molecule has 0 unspecified atom stereocenters. The van der Waals surface area contributed by atoms with E-state index in [0.29, 0.717) is 13.0 Å². The van der Waals surface area contributed by atoms with Gasteiger partial charge in [0.25, 0.3) is 0 Å². The Morgan fingerprint density at radius 3 is 2.88 bits per heavy atom. The zero-order valence-corrected chi connectivity index (χ0v) is 11.0. The fourth-order valence-corrected chi connectivity index (χ4v) is 3.66. The van der Waals surface area contributed by atoms with Gasteiger partial charge >= 0.3 is 11.9 Å². The van der Waals surface area contributed by atoms with Gasteiger partial charge in [0.15, 0.2) is 0 Å². The average molecular weight is 291 g/mol. The molecule has 4 nitrogen and oxygen atoms in total. The SMILES string of the molecule is CC(=O)O[C@H]1CC[C@@H](Br)[C@H]2COC(=O)[C@@]12C. The van der Waals surface area contributed by atoms with Crippen molar-refractivity contribution in [1.82, 2.24) is 0 Å². The van der Waals surface area contributed by atoms with Gasteiger partial charge in [-0.3, -0.25) is 9.59 Å². The van der Waals surface area contributed by atoms with Crippen molar-refractivity contribution in [2.45, 2.75) is 37.6 Å². The molecular weight excluding hydrogens is 276 g/mol. The molecule has 1 aliphatic carbocycles. The lowest BCUT2D eigenvalue weighted by molar-refractivity contribution is -0.166. The highest BCUT2D eigenvalue weighted by Crippen LogP contribution is 2.49. The summed E-state index contributed by atoms with van der Waals surface area (Å²) in [5.74, 6) is -0.483. The summed E-state index contributed by atoms with van der Waals surface area (Å²) in [7, 11) is 0. The molecule has 0 aromatic carbocycles. The Balaban J connectivity index is 2.27. The van der Waals surface area contributed by atoms with Gasteiger partial charge in [-0.05, 0) is 19.8 Å². The number of cyclic esters (lactones) is 1. The van der Waals surface area contributed by atoms with Gasteiger partial charge in [-0.15, -0.1) is 0 Å². The summed E-state index contributed by atoms with van der Waals surface area (Å²) in [6, 6.07) is 0. The molecule has 0 aromatic rings. The van der Waals surface area contributed by atoms with Crippen LogP contribution in [0.2, 0.25) is 0 Å². The first-order chi connectivity index (χ1) is 7.46. The number of ether oxygens (including phenoxy) is 2. The second kappa shape index (κ2) is 4.02. The first-order valence-electron chi connectivity index (χ1n) is 5.44. The third-order valence-electron chi connectivity index (χ3n) is 3.72. The number of esters is 2. The van der Waals surface area contributed by atoms with E-state index in [2.05, 4.69) is 15.9 Å². The fourth-order valence-electron chi connectivity index (χ4n) is 2.69. The van der Waals surface area contributed by atoms with E-state index >= 15 is 0 Å². The first kappa shape index (κ1) is 11.9. The van der Waals surface area contributed by atoms with Crippen LogP contribution in [0.15, 0.2) is 0 Å². The molecule has 2 rings (SSSR count). The third-order valence-corrected chi connectivity index (χ3v) is 4.82. The number of carbonyl (C=O) groups is 2. The number of rotatable bonds is 1. The van der Waals surface area contributed by atoms with Crippen molar-refractivity contribution in [2.75, 3.05) is 6.61 Å². The van der Waals surface area contributed by atoms with E-state index in [4.69, 9.17) is 9.47 Å². The summed E-state index contributed by atoms with van der Waals surface area (Å²) in [6.45, 7) is 3.63. The molecule has 0 radical (unpaired) electrons. The van der Waals surface area contributed by atoms with Crippen molar-refractivity contribution in [2.24, 2.45) is 11.3 Å². The Morgan fingerprint density at radius 2 is 2.25 bits per heavy atom. The minimum Gasteiger partial charge on any atom is -0.465 e. The molecule has 0 N–H and O–H groups in total. The van der Waals surface area contributed by atoms with Crippen LogP contribution in [0, 0.1) is 11.3 Å². The zero-order chi connectivity index (χ0) is 11.9. The highest BCUT2D eigenvalue weighted by molar-refractivity contribution is 9.09. The predicted molar refractivity (Wildman–Crippen MR) is 60.1 cm³/mol. The van der Waals surface area contributed by atoms with Crippen LogP contribution in [-0.2, 0) is 19.1 Å². The van der Waals surface area contributed by atoms with Crippen molar-refractivity contribution < 1.29 is 19.1 Å². The Bertz CT molecular complexity index is 330. The van der Waals surface area contributed by atoms with Crippen LogP contribution in [0.25, 0.3) is 0 Å². The molecule has 5 heteroatoms. The van der Waals surface area contributed by atoms with E-state index in [0.717, 1.165) is 6.42 Å². The van der Waals surface area contributed by atoms with E-state index < -0.39 is 5.41 Å². The number of hydrogen-bond acceptors (Lipinski definition) is 4. The van der Waals surface area contributed by atoms with Crippen LogP contribution in [0.4, 0.5) is 0 Å². The molecule has 0 spiro atoms. The van der Waals surface area contributed by atoms with Crippen molar-refractivity contribution >= 4 is 27.9 Å². The smallest absolute Gasteiger partial charge is 0.316 e. The van der Waals surface area contributed by atoms with Gasteiger partial charge < -0.3 is 9.47 Å². The lowest BCUT2D eigenvalue weighted by Gasteiger charge is -2.41. The van der Waals surface area contributed by atoms with Gasteiger partial charge in [0.1, 0.15) is 11.5 Å². The van der Waals surface area contributed by atoms with Crippen molar-refractivity contribution in [3.63, 3.8) is 0 Å². The maximum Gasteiger partial charge on any atom is 0.316 e. The lowest BCUT2D eigenvalue weighted by Crippen LogP contribution is -2.50. The van der Waals surface area contributed by atoms with Crippen molar-refractivity contribution in [3.8, 4) is 0 Å². The fraction of sp³-hybridized carbons (Fsp3) is 0.818. The highest BCUT2D eigenvalue weighted by atomic mass is 79.9. The second-order valence-corrected chi connectivity index (χ2v) is 5.86. The summed E-state index contributed by atoms with van der Waals surface area (Å²) < 4.78 is 10.4. The van der Waals surface area contributed by atoms with E-state index in [1.54, 1.807) is 0 Å². The molecule has 1 aliphatic heterocycles. The molecule has 1 heterocycles. The minimum absolute atomic E-state index is 0.0955. The Hall–Kier alpha value is -0.580. The summed E-state index contributed by atoms with van der Waals surface area (Å²) in [5.41, 5.74) is -0.682. The maximum atomic E-state index is 11.8. The van der Waals surface area contributed by atoms with E-state index in [9.17, 15) is 9.59 Å². The van der Waals surface area contributed by atoms with Gasteiger partial charge in [0.05, 0.1) is 6.61 Å². The van der Waals surface area contributed by atoms with Crippen molar-refractivity contribution in [1.29, 1.82) is 0 Å². The molecule has 0 aromatic heterocycles. The third kappa shape index (κ3) is 1.65. The second-order valence-electron chi connectivity index (χ2n) is 4.68. The lowest BCUT2D eigenvalue weighted by atomic mass is 9.67. The summed E-state index contributed by atoms with van der Waals surface area (Å²) in [4.78, 5) is 23.1. The van der Waals surface area contributed by atoms with Gasteiger partial charge in [0.2, 0.25) is 0 Å². The standard InChI is InChI=1S/C11H15BrO4/c1-6(13)16-9-4-3-8(12)7-5-15-10(14)11(7,9)2/h7-9H,3-5H2,1-2H3/t7-,8-,9+,11-/m1/s1. The molecule has 0 amide bonds. The average Bonchev–Trinajstić information content (AvgIpc) is 2.50. The van der Waals surface area contributed by atoms with Gasteiger partial charge in [-0.2, -0.15) is 0 Å². The van der Waals surface area contributed by atoms with Crippen LogP contribution in [0.1, 0.15) is 26.7 Å². The van der Waals surface area contributed by atoms with Gasteiger partial charge in [-0.1, -0.05) is 15.9 Å². The number of halogens is 1. The highest BCUT2D eigenvalue weighted by Gasteiger charge is 2.59. The van der Waals surface area contributed by atoms with E-state index in [-0.39, 0.29) is 28.8 Å². The largest absolute Gasteiger partial charge is 0.465 e. The monoisotopic (exact) mass is 290 g/mol. The minimum atomic E-state index is -0.682. The summed E-state index contributed by atoms with van der Waals surface area (Å²) >= 11 is 3.58. The molecule has 1 saturated carbocycles. The summed E-state index contributed by atoms with van der Waals surface area (Å²) in [6.07, 6.45) is 1.26. The molecule has 4 atom stereocenters. The van der Waals surface area contributed by atoms with E-state index in [1.165, 1.54) is 6.92 Å². The Labute approximate surface area is 103 Å².